The predicted molar refractivity (Wildman–Crippen MR) is 43.7 cm³/mol. The van der Waals surface area contributed by atoms with E-state index in [-0.39, 0.29) is 6.42 Å². The quantitative estimate of drug-likeness (QED) is 0.646. The molecule has 4 heteroatoms. The first-order valence-electron chi connectivity index (χ1n) is 3.82. The second-order valence-corrected chi connectivity index (χ2v) is 2.51. The molecule has 0 fully saturated rings. The van der Waals surface area contributed by atoms with Gasteiger partial charge in [-0.25, -0.2) is 0 Å². The molecule has 0 aliphatic heterocycles. The molecule has 0 saturated carbocycles. The van der Waals surface area contributed by atoms with Crippen molar-refractivity contribution in [2.24, 2.45) is 0 Å². The van der Waals surface area contributed by atoms with Crippen molar-refractivity contribution in [3.63, 3.8) is 0 Å². The van der Waals surface area contributed by atoms with Crippen LogP contribution in [0, 0.1) is 0 Å². The zero-order chi connectivity index (χ0) is 9.68. The maximum absolute atomic E-state index is 11.0. The van der Waals surface area contributed by atoms with Crippen molar-refractivity contribution in [3.05, 3.63) is 24.2 Å². The zero-order valence-electron chi connectivity index (χ0n) is 7.15. The maximum Gasteiger partial charge on any atom is 0.314 e. The fourth-order valence-electron chi connectivity index (χ4n) is 0.818. The van der Waals surface area contributed by atoms with Gasteiger partial charge in [0.1, 0.15) is 12.2 Å². The lowest BCUT2D eigenvalue weighted by Gasteiger charge is -2.03. The summed E-state index contributed by atoms with van der Waals surface area (Å²) in [6.07, 6.45) is 2.25. The standard InChI is InChI=1S/C9H9O4/c1-7(6-10)13-9(11)5-8-3-2-4-12-8/h2-4,7H,5H2,1H3. The summed E-state index contributed by atoms with van der Waals surface area (Å²) in [4.78, 5) is 21.0. The largest absolute Gasteiger partial charge is 0.469 e. The Bertz CT molecular complexity index is 276. The van der Waals surface area contributed by atoms with Gasteiger partial charge in [0.2, 0.25) is 6.29 Å². The number of esters is 1. The second-order valence-electron chi connectivity index (χ2n) is 2.51. The number of hydrogen-bond acceptors (Lipinski definition) is 4. The first-order valence-corrected chi connectivity index (χ1v) is 3.82. The van der Waals surface area contributed by atoms with Crippen LogP contribution in [0.1, 0.15) is 12.7 Å². The molecule has 0 saturated heterocycles. The first-order chi connectivity index (χ1) is 6.22. The fourth-order valence-corrected chi connectivity index (χ4v) is 0.818. The topological polar surface area (TPSA) is 56.5 Å². The number of carbonyl (C=O) groups is 1. The Labute approximate surface area is 75.5 Å². The highest BCUT2D eigenvalue weighted by molar-refractivity contribution is 5.74. The van der Waals surface area contributed by atoms with Crippen LogP contribution in [0.25, 0.3) is 0 Å². The van der Waals surface area contributed by atoms with Gasteiger partial charge in [-0.3, -0.25) is 9.59 Å². The molecule has 1 atom stereocenters. The van der Waals surface area contributed by atoms with E-state index in [1.807, 2.05) is 0 Å². The van der Waals surface area contributed by atoms with Crippen LogP contribution in [0.15, 0.2) is 22.8 Å². The van der Waals surface area contributed by atoms with Crippen LogP contribution in [0.3, 0.4) is 0 Å². The molecular weight excluding hydrogens is 172 g/mol. The van der Waals surface area contributed by atoms with Gasteiger partial charge in [-0.2, -0.15) is 0 Å². The van der Waals surface area contributed by atoms with Crippen LogP contribution in [0.5, 0.6) is 0 Å². The predicted octanol–water partition coefficient (Wildman–Crippen LogP) is 0.863. The zero-order valence-corrected chi connectivity index (χ0v) is 7.15. The van der Waals surface area contributed by atoms with E-state index in [9.17, 15) is 9.59 Å². The molecule has 0 amide bonds. The van der Waals surface area contributed by atoms with Crippen molar-refractivity contribution < 1.29 is 18.7 Å². The minimum absolute atomic E-state index is 0.0407. The first kappa shape index (κ1) is 9.51. The highest BCUT2D eigenvalue weighted by Gasteiger charge is 2.10. The molecule has 1 rings (SSSR count). The molecule has 1 radical (unpaired) electrons. The molecular formula is C9H9O4. The third-order valence-electron chi connectivity index (χ3n) is 1.37. The molecule has 1 heterocycles. The Hall–Kier alpha value is -1.58. The van der Waals surface area contributed by atoms with Crippen LogP contribution >= 0.6 is 0 Å². The summed E-state index contributed by atoms with van der Waals surface area (Å²) in [6.45, 7) is 1.45. The maximum atomic E-state index is 11.0. The van der Waals surface area contributed by atoms with Gasteiger partial charge >= 0.3 is 5.97 Å². The van der Waals surface area contributed by atoms with Gasteiger partial charge in [0.15, 0.2) is 6.10 Å². The summed E-state index contributed by atoms with van der Waals surface area (Å²) in [5, 5.41) is 0. The van der Waals surface area contributed by atoms with Crippen molar-refractivity contribution in [2.75, 3.05) is 0 Å². The summed E-state index contributed by atoms with van der Waals surface area (Å²) in [5.74, 6) is 0.0221. The van der Waals surface area contributed by atoms with Crippen molar-refractivity contribution >= 4 is 12.3 Å². The number of hydrogen-bond donors (Lipinski definition) is 0. The summed E-state index contributed by atoms with van der Waals surface area (Å²) < 4.78 is 9.57. The SMILES string of the molecule is CC([C]=O)OC(=O)Cc1ccco1. The van der Waals surface area contributed by atoms with Gasteiger partial charge in [0, 0.05) is 0 Å². The lowest BCUT2D eigenvalue weighted by molar-refractivity contribution is -0.144. The van der Waals surface area contributed by atoms with Crippen molar-refractivity contribution in [2.45, 2.75) is 19.4 Å². The lowest BCUT2D eigenvalue weighted by Crippen LogP contribution is -2.17. The summed E-state index contributed by atoms with van der Waals surface area (Å²) in [6, 6.07) is 3.34. The van der Waals surface area contributed by atoms with Gasteiger partial charge < -0.3 is 9.15 Å². The molecule has 1 aromatic rings. The molecule has 4 nitrogen and oxygen atoms in total. The average Bonchev–Trinajstić information content (AvgIpc) is 2.56. The van der Waals surface area contributed by atoms with Crippen LogP contribution < -0.4 is 0 Å². The van der Waals surface area contributed by atoms with E-state index < -0.39 is 12.1 Å². The number of rotatable bonds is 4. The molecule has 0 bridgehead atoms. The summed E-state index contributed by atoms with van der Waals surface area (Å²) in [5.41, 5.74) is 0. The van der Waals surface area contributed by atoms with Gasteiger partial charge in [0.05, 0.1) is 6.26 Å². The average molecular weight is 181 g/mol. The summed E-state index contributed by atoms with van der Waals surface area (Å²) >= 11 is 0. The number of ether oxygens (including phenoxy) is 1. The molecule has 0 N–H and O–H groups in total. The van der Waals surface area contributed by atoms with E-state index >= 15 is 0 Å². The van der Waals surface area contributed by atoms with Gasteiger partial charge in [-0.1, -0.05) is 0 Å². The Morgan fingerprint density at radius 2 is 2.54 bits per heavy atom. The Balaban J connectivity index is 2.38. The van der Waals surface area contributed by atoms with E-state index in [2.05, 4.69) is 4.74 Å². The van der Waals surface area contributed by atoms with Crippen molar-refractivity contribution in [3.8, 4) is 0 Å². The molecule has 0 aliphatic carbocycles. The van der Waals surface area contributed by atoms with Gasteiger partial charge in [0.25, 0.3) is 0 Å². The van der Waals surface area contributed by atoms with E-state index in [1.165, 1.54) is 13.2 Å². The van der Waals surface area contributed by atoms with E-state index in [0.29, 0.717) is 5.76 Å². The third-order valence-corrected chi connectivity index (χ3v) is 1.37. The molecule has 0 spiro atoms. The van der Waals surface area contributed by atoms with Crippen LogP contribution in [0.2, 0.25) is 0 Å². The van der Waals surface area contributed by atoms with Crippen molar-refractivity contribution in [1.82, 2.24) is 0 Å². The number of furan rings is 1. The summed E-state index contributed by atoms with van der Waals surface area (Å²) in [7, 11) is 0. The normalized spacial score (nSPS) is 12.1. The van der Waals surface area contributed by atoms with Crippen LogP contribution in [-0.2, 0) is 20.7 Å². The Morgan fingerprint density at radius 3 is 3.08 bits per heavy atom. The van der Waals surface area contributed by atoms with E-state index in [0.717, 1.165) is 0 Å². The molecule has 1 aromatic heterocycles. The van der Waals surface area contributed by atoms with Crippen LogP contribution in [0.4, 0.5) is 0 Å². The van der Waals surface area contributed by atoms with Crippen molar-refractivity contribution in [1.29, 1.82) is 0 Å². The second kappa shape index (κ2) is 4.45. The highest BCUT2D eigenvalue weighted by atomic mass is 16.5. The van der Waals surface area contributed by atoms with Crippen LogP contribution in [-0.4, -0.2) is 18.4 Å². The smallest absolute Gasteiger partial charge is 0.314 e. The third kappa shape index (κ3) is 3.11. The monoisotopic (exact) mass is 181 g/mol. The van der Waals surface area contributed by atoms with Gasteiger partial charge in [-0.15, -0.1) is 0 Å². The molecule has 69 valence electrons. The van der Waals surface area contributed by atoms with E-state index in [1.54, 1.807) is 18.4 Å². The molecule has 0 aliphatic rings. The highest BCUT2D eigenvalue weighted by Crippen LogP contribution is 2.02. The number of carbonyl (C=O) groups excluding carboxylic acids is 2. The molecule has 0 aromatic carbocycles. The minimum atomic E-state index is -0.817. The van der Waals surface area contributed by atoms with E-state index in [4.69, 9.17) is 4.42 Å². The Kier molecular flexibility index (Phi) is 3.25. The molecule has 1 unspecified atom stereocenters. The Morgan fingerprint density at radius 1 is 1.77 bits per heavy atom. The van der Waals surface area contributed by atoms with Gasteiger partial charge in [-0.05, 0) is 19.1 Å². The molecule has 13 heavy (non-hydrogen) atoms. The minimum Gasteiger partial charge on any atom is -0.469 e. The fraction of sp³-hybridized carbons (Fsp3) is 0.333. The lowest BCUT2D eigenvalue weighted by atomic mass is 10.3.